The second-order valence-corrected chi connectivity index (χ2v) is 10.5. The van der Waals surface area contributed by atoms with Crippen LogP contribution in [0, 0.1) is 0 Å². The molecular weight excluding hydrogens is 474 g/mol. The fraction of sp³-hybridized carbons (Fsp3) is 0.250. The Balaban J connectivity index is 1.47. The van der Waals surface area contributed by atoms with Crippen molar-refractivity contribution in [2.75, 3.05) is 40.4 Å². The number of nitrogens with zero attached hydrogens (tertiary/aromatic N) is 3. The Hall–Kier alpha value is -3.08. The van der Waals surface area contributed by atoms with Gasteiger partial charge in [0, 0.05) is 43.3 Å². The molecule has 0 aliphatic carbocycles. The van der Waals surface area contributed by atoms with Crippen LogP contribution in [-0.2, 0) is 10.0 Å². The fourth-order valence-electron chi connectivity index (χ4n) is 3.66. The number of rotatable bonds is 7. The van der Waals surface area contributed by atoms with Gasteiger partial charge in [-0.15, -0.1) is 0 Å². The van der Waals surface area contributed by atoms with Crippen molar-refractivity contribution < 1.29 is 22.7 Å². The molecule has 10 heteroatoms. The molecule has 0 spiro atoms. The predicted octanol–water partition coefficient (Wildman–Crippen LogP) is 3.40. The number of methoxy groups -OCH3 is 2. The van der Waals surface area contributed by atoms with Gasteiger partial charge in [0.25, 0.3) is 5.91 Å². The maximum absolute atomic E-state index is 13.3. The van der Waals surface area contributed by atoms with E-state index in [0.717, 1.165) is 4.90 Å². The Morgan fingerprint density at radius 1 is 0.912 bits per heavy atom. The summed E-state index contributed by atoms with van der Waals surface area (Å²) in [6, 6.07) is 17.7. The van der Waals surface area contributed by atoms with Crippen LogP contribution in [0.1, 0.15) is 10.4 Å². The molecule has 1 amide bonds. The number of sulfonamides is 1. The normalized spacial score (nSPS) is 14.6. The molecule has 0 bridgehead atoms. The van der Waals surface area contributed by atoms with Crippen molar-refractivity contribution >= 4 is 27.7 Å². The van der Waals surface area contributed by atoms with Crippen LogP contribution >= 0.6 is 11.8 Å². The minimum atomic E-state index is -3.74. The van der Waals surface area contributed by atoms with Crippen LogP contribution in [0.2, 0.25) is 0 Å². The summed E-state index contributed by atoms with van der Waals surface area (Å²) in [5, 5.41) is 0.624. The molecule has 1 fully saturated rings. The van der Waals surface area contributed by atoms with Gasteiger partial charge in [0.2, 0.25) is 10.0 Å². The minimum Gasteiger partial charge on any atom is -0.493 e. The van der Waals surface area contributed by atoms with Gasteiger partial charge in [-0.05, 0) is 36.4 Å². The van der Waals surface area contributed by atoms with E-state index in [4.69, 9.17) is 9.47 Å². The lowest BCUT2D eigenvalue weighted by Gasteiger charge is -2.34. The summed E-state index contributed by atoms with van der Waals surface area (Å²) in [6.45, 7) is 0.971. The highest BCUT2D eigenvalue weighted by Crippen LogP contribution is 2.32. The van der Waals surface area contributed by atoms with Crippen LogP contribution in [0.25, 0.3) is 0 Å². The van der Waals surface area contributed by atoms with Crippen molar-refractivity contribution in [1.82, 2.24) is 14.2 Å². The summed E-state index contributed by atoms with van der Waals surface area (Å²) >= 11 is 1.43. The van der Waals surface area contributed by atoms with E-state index in [0.29, 0.717) is 22.1 Å². The summed E-state index contributed by atoms with van der Waals surface area (Å²) in [5.74, 6) is 0.643. The van der Waals surface area contributed by atoms with E-state index in [2.05, 4.69) is 4.98 Å². The van der Waals surface area contributed by atoms with Gasteiger partial charge >= 0.3 is 0 Å². The first-order valence-electron chi connectivity index (χ1n) is 10.6. The summed E-state index contributed by atoms with van der Waals surface area (Å²) in [6.07, 6.45) is 1.66. The number of aromatic nitrogens is 1. The zero-order valence-corrected chi connectivity index (χ0v) is 20.5. The number of pyridine rings is 1. The molecule has 0 unspecified atom stereocenters. The lowest BCUT2D eigenvalue weighted by atomic mass is 10.2. The fourth-order valence-corrected chi connectivity index (χ4v) is 6.00. The summed E-state index contributed by atoms with van der Waals surface area (Å²) in [7, 11) is -0.785. The second-order valence-electron chi connectivity index (χ2n) is 7.48. The third-order valence-corrected chi connectivity index (χ3v) is 8.40. The smallest absolute Gasteiger partial charge is 0.256 e. The van der Waals surface area contributed by atoms with E-state index >= 15 is 0 Å². The van der Waals surface area contributed by atoms with Crippen molar-refractivity contribution in [1.29, 1.82) is 0 Å². The zero-order valence-electron chi connectivity index (χ0n) is 18.9. The number of carbonyl (C=O) groups excluding carboxylic acids is 1. The molecule has 0 saturated carbocycles. The predicted molar refractivity (Wildman–Crippen MR) is 129 cm³/mol. The molecule has 1 aromatic heterocycles. The van der Waals surface area contributed by atoms with E-state index in [1.165, 1.54) is 42.4 Å². The molecule has 3 aromatic rings. The highest BCUT2D eigenvalue weighted by molar-refractivity contribution is 7.99. The van der Waals surface area contributed by atoms with Gasteiger partial charge < -0.3 is 14.4 Å². The minimum absolute atomic E-state index is 0.124. The molecule has 34 heavy (non-hydrogen) atoms. The van der Waals surface area contributed by atoms with Gasteiger partial charge in [-0.25, -0.2) is 13.4 Å². The molecule has 0 N–H and O–H groups in total. The Labute approximate surface area is 203 Å². The molecular formula is C24H25N3O5S2. The molecule has 2 heterocycles. The number of ether oxygens (including phenoxy) is 2. The molecule has 4 rings (SSSR count). The first-order valence-corrected chi connectivity index (χ1v) is 12.9. The zero-order chi connectivity index (χ0) is 24.1. The van der Waals surface area contributed by atoms with E-state index in [-0.39, 0.29) is 37.0 Å². The Morgan fingerprint density at radius 2 is 1.62 bits per heavy atom. The monoisotopic (exact) mass is 499 g/mol. The van der Waals surface area contributed by atoms with Gasteiger partial charge in [-0.1, -0.05) is 30.0 Å². The highest BCUT2D eigenvalue weighted by atomic mass is 32.2. The van der Waals surface area contributed by atoms with Gasteiger partial charge in [-0.3, -0.25) is 4.79 Å². The summed E-state index contributed by atoms with van der Waals surface area (Å²) in [4.78, 5) is 20.5. The molecule has 1 aliphatic rings. The Morgan fingerprint density at radius 3 is 2.29 bits per heavy atom. The van der Waals surface area contributed by atoms with Gasteiger partial charge in [0.15, 0.2) is 11.5 Å². The molecule has 0 atom stereocenters. The quantitative estimate of drug-likeness (QED) is 0.492. The molecule has 2 aromatic carbocycles. The van der Waals surface area contributed by atoms with Crippen LogP contribution in [0.4, 0.5) is 0 Å². The lowest BCUT2D eigenvalue weighted by molar-refractivity contribution is 0.0693. The van der Waals surface area contributed by atoms with Gasteiger partial charge in [-0.2, -0.15) is 4.31 Å². The van der Waals surface area contributed by atoms with Crippen molar-refractivity contribution in [3.05, 3.63) is 72.4 Å². The first-order chi connectivity index (χ1) is 16.4. The number of hydrogen-bond acceptors (Lipinski definition) is 7. The van der Waals surface area contributed by atoms with E-state index in [1.54, 1.807) is 29.3 Å². The van der Waals surface area contributed by atoms with Crippen molar-refractivity contribution in [3.63, 3.8) is 0 Å². The molecule has 1 saturated heterocycles. The highest BCUT2D eigenvalue weighted by Gasteiger charge is 2.31. The topological polar surface area (TPSA) is 89.0 Å². The Kier molecular flexibility index (Phi) is 7.40. The SMILES string of the molecule is COc1ccc(S(=O)(=O)N2CCN(C(=O)c3cccnc3Sc3ccccc3)CC2)cc1OC. The summed E-state index contributed by atoms with van der Waals surface area (Å²) < 4.78 is 38.2. The summed E-state index contributed by atoms with van der Waals surface area (Å²) in [5.41, 5.74) is 0.507. The second kappa shape index (κ2) is 10.5. The van der Waals surface area contributed by atoms with Crippen LogP contribution in [0.15, 0.2) is 81.7 Å². The molecule has 0 radical (unpaired) electrons. The molecule has 8 nitrogen and oxygen atoms in total. The third-order valence-electron chi connectivity index (χ3n) is 5.48. The van der Waals surface area contributed by atoms with E-state index < -0.39 is 10.0 Å². The van der Waals surface area contributed by atoms with Gasteiger partial charge in [0.05, 0.1) is 24.7 Å². The maximum Gasteiger partial charge on any atom is 0.256 e. The van der Waals surface area contributed by atoms with Gasteiger partial charge in [0.1, 0.15) is 5.03 Å². The lowest BCUT2D eigenvalue weighted by Crippen LogP contribution is -2.50. The number of piperazine rings is 1. The number of carbonyl (C=O) groups is 1. The first kappa shape index (κ1) is 24.1. The number of hydrogen-bond donors (Lipinski definition) is 0. The van der Waals surface area contributed by atoms with E-state index in [1.807, 2.05) is 30.3 Å². The molecule has 178 valence electrons. The number of amides is 1. The maximum atomic E-state index is 13.3. The standard InChI is InChI=1S/C24H25N3O5S2/c1-31-21-11-10-19(17-22(21)32-2)34(29,30)27-15-13-26(14-16-27)24(28)20-9-6-12-25-23(20)33-18-7-4-3-5-8-18/h3-12,17H,13-16H2,1-2H3. The van der Waals surface area contributed by atoms with E-state index in [9.17, 15) is 13.2 Å². The van der Waals surface area contributed by atoms with Crippen LogP contribution in [0.3, 0.4) is 0 Å². The average Bonchev–Trinajstić information content (AvgIpc) is 2.89. The van der Waals surface area contributed by atoms with Crippen molar-refractivity contribution in [3.8, 4) is 11.5 Å². The van der Waals surface area contributed by atoms with Crippen molar-refractivity contribution in [2.45, 2.75) is 14.8 Å². The van der Waals surface area contributed by atoms with Crippen LogP contribution < -0.4 is 9.47 Å². The molecule has 1 aliphatic heterocycles. The largest absolute Gasteiger partial charge is 0.493 e. The van der Waals surface area contributed by atoms with Crippen LogP contribution in [0.5, 0.6) is 11.5 Å². The third kappa shape index (κ3) is 5.03. The van der Waals surface area contributed by atoms with Crippen molar-refractivity contribution in [2.24, 2.45) is 0 Å². The number of benzene rings is 2. The van der Waals surface area contributed by atoms with Crippen LogP contribution in [-0.4, -0.2) is 68.9 Å². The Bertz CT molecular complexity index is 1260. The average molecular weight is 500 g/mol.